The second-order valence-corrected chi connectivity index (χ2v) is 7.14. The van der Waals surface area contributed by atoms with E-state index in [1.165, 1.54) is 12.1 Å². The molecule has 1 aromatic carbocycles. The number of nitrogens with one attached hydrogen (secondary N) is 1. The molecule has 0 aliphatic rings. The molecular weight excluding hydrogens is 359 g/mol. The number of aromatic nitrogens is 4. The maximum atomic E-state index is 13.1. The van der Waals surface area contributed by atoms with Gasteiger partial charge in [0.25, 0.3) is 0 Å². The minimum absolute atomic E-state index is 0.181. The van der Waals surface area contributed by atoms with Crippen LogP contribution in [0.4, 0.5) is 9.18 Å². The van der Waals surface area contributed by atoms with E-state index in [9.17, 15) is 9.18 Å². The van der Waals surface area contributed by atoms with Crippen LogP contribution in [0.25, 0.3) is 5.69 Å². The summed E-state index contributed by atoms with van der Waals surface area (Å²) in [5.74, 6) is -0.293. The lowest BCUT2D eigenvalue weighted by Crippen LogP contribution is -2.38. The quantitative estimate of drug-likeness (QED) is 0.705. The molecule has 28 heavy (non-hydrogen) atoms. The van der Waals surface area contributed by atoms with Gasteiger partial charge in [-0.3, -0.25) is 4.68 Å². The summed E-state index contributed by atoms with van der Waals surface area (Å²) < 4.78 is 16.6. The van der Waals surface area contributed by atoms with Gasteiger partial charge in [-0.25, -0.2) is 13.9 Å². The number of nitrogens with zero attached hydrogens (tertiary/aromatic N) is 5. The van der Waals surface area contributed by atoms with Crippen molar-refractivity contribution in [1.29, 1.82) is 0 Å². The van der Waals surface area contributed by atoms with E-state index in [1.54, 1.807) is 41.2 Å². The average molecular weight is 384 g/mol. The zero-order chi connectivity index (χ0) is 20.3. The van der Waals surface area contributed by atoms with Crippen molar-refractivity contribution in [3.8, 4) is 5.69 Å². The Kier molecular flexibility index (Phi) is 5.77. The maximum Gasteiger partial charge on any atom is 0.317 e. The Morgan fingerprint density at radius 2 is 1.86 bits per heavy atom. The van der Waals surface area contributed by atoms with Gasteiger partial charge < -0.3 is 10.2 Å². The summed E-state index contributed by atoms with van der Waals surface area (Å²) >= 11 is 0. The molecule has 3 aromatic rings. The molecule has 1 N–H and O–H groups in total. The van der Waals surface area contributed by atoms with Crippen LogP contribution in [0.3, 0.4) is 0 Å². The Labute approximate surface area is 163 Å². The summed E-state index contributed by atoms with van der Waals surface area (Å²) in [7, 11) is 1.75. The number of urea groups is 1. The lowest BCUT2D eigenvalue weighted by atomic mass is 10.2. The minimum atomic E-state index is -0.293. The molecule has 0 bridgehead atoms. The number of benzene rings is 1. The zero-order valence-corrected chi connectivity index (χ0v) is 16.5. The molecule has 0 fully saturated rings. The van der Waals surface area contributed by atoms with Crippen LogP contribution in [-0.2, 0) is 6.54 Å². The van der Waals surface area contributed by atoms with Crippen molar-refractivity contribution in [2.24, 2.45) is 0 Å². The summed E-state index contributed by atoms with van der Waals surface area (Å²) in [5.41, 5.74) is 2.59. The molecule has 0 aliphatic heterocycles. The third-order valence-corrected chi connectivity index (χ3v) is 4.48. The van der Waals surface area contributed by atoms with Gasteiger partial charge in [-0.05, 0) is 45.0 Å². The highest BCUT2D eigenvalue weighted by molar-refractivity contribution is 5.74. The lowest BCUT2D eigenvalue weighted by molar-refractivity contribution is 0.203. The molecule has 3 rings (SSSR count). The highest BCUT2D eigenvalue weighted by atomic mass is 19.1. The van der Waals surface area contributed by atoms with Gasteiger partial charge in [0.1, 0.15) is 5.82 Å². The van der Waals surface area contributed by atoms with E-state index in [4.69, 9.17) is 0 Å². The summed E-state index contributed by atoms with van der Waals surface area (Å²) in [6.07, 6.45) is 7.25. The largest absolute Gasteiger partial charge is 0.331 e. The maximum absolute atomic E-state index is 13.1. The molecular formula is C20H25FN6O. The van der Waals surface area contributed by atoms with Gasteiger partial charge in [-0.15, -0.1) is 0 Å². The van der Waals surface area contributed by atoms with Crippen molar-refractivity contribution >= 4 is 6.03 Å². The molecule has 1 atom stereocenters. The Hall–Kier alpha value is -3.16. The number of halogens is 1. The predicted octanol–water partition coefficient (Wildman–Crippen LogP) is 3.69. The van der Waals surface area contributed by atoms with Crippen LogP contribution < -0.4 is 5.32 Å². The lowest BCUT2D eigenvalue weighted by Gasteiger charge is -2.20. The van der Waals surface area contributed by atoms with Gasteiger partial charge in [0.2, 0.25) is 0 Å². The van der Waals surface area contributed by atoms with Gasteiger partial charge in [-0.2, -0.15) is 10.2 Å². The van der Waals surface area contributed by atoms with Gasteiger partial charge in [0, 0.05) is 36.6 Å². The van der Waals surface area contributed by atoms with E-state index in [0.29, 0.717) is 6.54 Å². The van der Waals surface area contributed by atoms with E-state index in [1.807, 2.05) is 24.0 Å². The number of carbonyl (C=O) groups excluding carboxylic acids is 1. The van der Waals surface area contributed by atoms with Gasteiger partial charge in [-0.1, -0.05) is 0 Å². The fourth-order valence-electron chi connectivity index (χ4n) is 2.76. The molecule has 0 spiro atoms. The Morgan fingerprint density at radius 3 is 2.50 bits per heavy atom. The summed E-state index contributed by atoms with van der Waals surface area (Å²) in [6, 6.07) is 5.96. The summed E-state index contributed by atoms with van der Waals surface area (Å²) in [6.45, 7) is 6.48. The number of rotatable bonds is 6. The van der Waals surface area contributed by atoms with Crippen molar-refractivity contribution in [3.63, 3.8) is 0 Å². The van der Waals surface area contributed by atoms with Crippen LogP contribution in [0.2, 0.25) is 0 Å². The summed E-state index contributed by atoms with van der Waals surface area (Å²) in [5, 5.41) is 11.6. The van der Waals surface area contributed by atoms with Crippen molar-refractivity contribution in [2.45, 2.75) is 39.4 Å². The van der Waals surface area contributed by atoms with Crippen molar-refractivity contribution in [1.82, 2.24) is 29.8 Å². The molecule has 2 amide bonds. The number of amides is 2. The molecule has 8 heteroatoms. The van der Waals surface area contributed by atoms with Crippen LogP contribution in [-0.4, -0.2) is 37.5 Å². The van der Waals surface area contributed by atoms with E-state index in [0.717, 1.165) is 16.8 Å². The Bertz CT molecular complexity index is 930. The standard InChI is InChI=1S/C20H25FN6O/c1-14(2)26-12-16(9-22-26)11-25(4)20(28)24-15(3)17-10-23-27(13-17)19-7-5-18(21)6-8-19/h5-10,12-15H,11H2,1-4H3,(H,24,28). The van der Waals surface area contributed by atoms with Crippen LogP contribution >= 0.6 is 0 Å². The third-order valence-electron chi connectivity index (χ3n) is 4.48. The van der Waals surface area contributed by atoms with Crippen LogP contribution in [0, 0.1) is 5.82 Å². The van der Waals surface area contributed by atoms with E-state index in [-0.39, 0.29) is 23.9 Å². The molecule has 1 unspecified atom stereocenters. The van der Waals surface area contributed by atoms with Crippen LogP contribution in [0.15, 0.2) is 49.1 Å². The van der Waals surface area contributed by atoms with Gasteiger partial charge in [0.05, 0.1) is 30.7 Å². The fourth-order valence-corrected chi connectivity index (χ4v) is 2.76. The molecule has 0 saturated heterocycles. The molecule has 148 valence electrons. The first-order valence-electron chi connectivity index (χ1n) is 9.18. The van der Waals surface area contributed by atoms with E-state index < -0.39 is 0 Å². The Morgan fingerprint density at radius 1 is 1.14 bits per heavy atom. The zero-order valence-electron chi connectivity index (χ0n) is 16.5. The average Bonchev–Trinajstić information content (AvgIpc) is 3.32. The fraction of sp³-hybridized carbons (Fsp3) is 0.350. The molecule has 0 radical (unpaired) electrons. The second kappa shape index (κ2) is 8.24. The topological polar surface area (TPSA) is 68.0 Å². The first-order chi connectivity index (χ1) is 13.3. The number of carbonyl (C=O) groups is 1. The summed E-state index contributed by atoms with van der Waals surface area (Å²) in [4.78, 5) is 14.1. The van der Waals surface area contributed by atoms with Crippen molar-refractivity contribution in [2.75, 3.05) is 7.05 Å². The van der Waals surface area contributed by atoms with E-state index in [2.05, 4.69) is 29.4 Å². The first kappa shape index (κ1) is 19.6. The molecule has 2 heterocycles. The number of hydrogen-bond acceptors (Lipinski definition) is 3. The molecule has 7 nitrogen and oxygen atoms in total. The van der Waals surface area contributed by atoms with Gasteiger partial charge in [0.15, 0.2) is 0 Å². The number of hydrogen-bond donors (Lipinski definition) is 1. The normalized spacial score (nSPS) is 12.2. The Balaban J connectivity index is 1.59. The predicted molar refractivity (Wildman–Crippen MR) is 105 cm³/mol. The second-order valence-electron chi connectivity index (χ2n) is 7.14. The molecule has 0 saturated carbocycles. The monoisotopic (exact) mass is 384 g/mol. The van der Waals surface area contributed by atoms with Crippen molar-refractivity contribution < 1.29 is 9.18 Å². The highest BCUT2D eigenvalue weighted by Crippen LogP contribution is 2.15. The van der Waals surface area contributed by atoms with Crippen LogP contribution in [0.5, 0.6) is 0 Å². The third kappa shape index (κ3) is 4.57. The first-order valence-corrected chi connectivity index (χ1v) is 9.18. The molecule has 2 aromatic heterocycles. The van der Waals surface area contributed by atoms with Crippen molar-refractivity contribution in [3.05, 3.63) is 66.0 Å². The SMILES string of the molecule is CC(NC(=O)N(C)Cc1cnn(C(C)C)c1)c1cnn(-c2ccc(F)cc2)c1. The highest BCUT2D eigenvalue weighted by Gasteiger charge is 2.16. The smallest absolute Gasteiger partial charge is 0.317 e. The van der Waals surface area contributed by atoms with E-state index >= 15 is 0 Å². The van der Waals surface area contributed by atoms with Gasteiger partial charge >= 0.3 is 6.03 Å². The minimum Gasteiger partial charge on any atom is -0.331 e. The molecule has 0 aliphatic carbocycles. The van der Waals surface area contributed by atoms with Crippen LogP contribution in [0.1, 0.15) is 44.0 Å².